The molecular formula is C15H25N3O3. The summed E-state index contributed by atoms with van der Waals surface area (Å²) >= 11 is 0. The number of rotatable bonds is 4. The molecule has 0 spiro atoms. The van der Waals surface area contributed by atoms with Crippen molar-refractivity contribution < 1.29 is 14.4 Å². The number of hydrogen-bond donors (Lipinski definition) is 1. The molecule has 2 aliphatic heterocycles. The average molecular weight is 295 g/mol. The highest BCUT2D eigenvalue weighted by Crippen LogP contribution is 2.25. The average Bonchev–Trinajstić information content (AvgIpc) is 2.72. The zero-order chi connectivity index (χ0) is 15.6. The lowest BCUT2D eigenvalue weighted by Gasteiger charge is -2.34. The van der Waals surface area contributed by atoms with Crippen LogP contribution in [0.3, 0.4) is 0 Å². The second-order valence-corrected chi connectivity index (χ2v) is 6.04. The van der Waals surface area contributed by atoms with Crippen LogP contribution in [0.4, 0.5) is 4.79 Å². The molecule has 21 heavy (non-hydrogen) atoms. The van der Waals surface area contributed by atoms with E-state index in [-0.39, 0.29) is 24.4 Å². The Bertz CT molecular complexity index is 445. The molecule has 2 rings (SSSR count). The Hall–Kier alpha value is -1.59. The normalized spacial score (nSPS) is 25.2. The van der Waals surface area contributed by atoms with Crippen LogP contribution in [0.1, 0.15) is 52.9 Å². The van der Waals surface area contributed by atoms with Gasteiger partial charge in [-0.2, -0.15) is 0 Å². The summed E-state index contributed by atoms with van der Waals surface area (Å²) in [5.41, 5.74) is -0.828. The highest BCUT2D eigenvalue weighted by molar-refractivity contribution is 6.09. The predicted octanol–water partition coefficient (Wildman–Crippen LogP) is 1.50. The Balaban J connectivity index is 2.07. The number of nitrogens with zero attached hydrogens (tertiary/aromatic N) is 2. The minimum absolute atomic E-state index is 0.131. The lowest BCUT2D eigenvalue weighted by molar-refractivity contribution is -0.141. The molecule has 0 aromatic carbocycles. The Morgan fingerprint density at radius 3 is 2.48 bits per heavy atom. The van der Waals surface area contributed by atoms with E-state index < -0.39 is 11.6 Å². The first-order valence-electron chi connectivity index (χ1n) is 7.88. The summed E-state index contributed by atoms with van der Waals surface area (Å²) in [7, 11) is 0. The van der Waals surface area contributed by atoms with Crippen LogP contribution >= 0.6 is 0 Å². The number of nitrogens with one attached hydrogen (secondary N) is 1. The molecule has 4 amide bonds. The Morgan fingerprint density at radius 1 is 1.29 bits per heavy atom. The van der Waals surface area contributed by atoms with Gasteiger partial charge in [0.2, 0.25) is 5.91 Å². The molecule has 0 saturated carbocycles. The summed E-state index contributed by atoms with van der Waals surface area (Å²) in [6, 6.07) is -0.254. The number of likely N-dealkylation sites (tertiary alicyclic amines) is 1. The molecule has 0 aromatic rings. The number of carbonyl (C=O) groups is 3. The van der Waals surface area contributed by atoms with E-state index in [2.05, 4.69) is 5.32 Å². The maximum atomic E-state index is 12.5. The van der Waals surface area contributed by atoms with Crippen LogP contribution in [0, 0.1) is 0 Å². The van der Waals surface area contributed by atoms with Crippen molar-refractivity contribution >= 4 is 17.8 Å². The number of carbonyl (C=O) groups excluding carboxylic acids is 3. The van der Waals surface area contributed by atoms with E-state index in [9.17, 15) is 14.4 Å². The molecular weight excluding hydrogens is 270 g/mol. The quantitative estimate of drug-likeness (QED) is 0.799. The predicted molar refractivity (Wildman–Crippen MR) is 78.6 cm³/mol. The van der Waals surface area contributed by atoms with Gasteiger partial charge in [0.15, 0.2) is 0 Å². The highest BCUT2D eigenvalue weighted by atomic mass is 16.2. The standard InChI is InChI=1S/C15H25N3O3/c1-4-15(5-2)13(20)18(14(21)16-15)10-12(19)17-9-7-6-8-11(17)3/h11H,4-10H2,1-3H3,(H,16,21). The van der Waals surface area contributed by atoms with Crippen molar-refractivity contribution in [3.63, 3.8) is 0 Å². The topological polar surface area (TPSA) is 69.7 Å². The van der Waals surface area contributed by atoms with Crippen LogP contribution in [-0.2, 0) is 9.59 Å². The molecule has 1 unspecified atom stereocenters. The number of imide groups is 1. The molecule has 0 radical (unpaired) electrons. The van der Waals surface area contributed by atoms with Gasteiger partial charge in [-0.15, -0.1) is 0 Å². The molecule has 6 nitrogen and oxygen atoms in total. The van der Waals surface area contributed by atoms with Gasteiger partial charge in [0.25, 0.3) is 5.91 Å². The lowest BCUT2D eigenvalue weighted by atomic mass is 9.93. The molecule has 118 valence electrons. The van der Waals surface area contributed by atoms with Crippen molar-refractivity contribution in [3.05, 3.63) is 0 Å². The molecule has 0 aromatic heterocycles. The van der Waals surface area contributed by atoms with Gasteiger partial charge in [0.05, 0.1) is 0 Å². The van der Waals surface area contributed by atoms with Crippen molar-refractivity contribution in [1.29, 1.82) is 0 Å². The Kier molecular flexibility index (Phi) is 4.54. The molecule has 2 heterocycles. The maximum absolute atomic E-state index is 12.5. The third-order valence-corrected chi connectivity index (χ3v) is 4.87. The zero-order valence-corrected chi connectivity index (χ0v) is 13.1. The summed E-state index contributed by atoms with van der Waals surface area (Å²) in [4.78, 5) is 39.8. The molecule has 0 bridgehead atoms. The van der Waals surface area contributed by atoms with Crippen molar-refractivity contribution in [2.45, 2.75) is 64.5 Å². The summed E-state index contributed by atoms with van der Waals surface area (Å²) in [6.45, 7) is 6.35. The largest absolute Gasteiger partial charge is 0.338 e. The van der Waals surface area contributed by atoms with Gasteiger partial charge in [-0.25, -0.2) is 4.79 Å². The van der Waals surface area contributed by atoms with Gasteiger partial charge < -0.3 is 10.2 Å². The SMILES string of the molecule is CCC1(CC)NC(=O)N(CC(=O)N2CCCCC2C)C1=O. The maximum Gasteiger partial charge on any atom is 0.325 e. The first kappa shape index (κ1) is 15.8. The van der Waals surface area contributed by atoms with Gasteiger partial charge >= 0.3 is 6.03 Å². The van der Waals surface area contributed by atoms with Crippen LogP contribution in [0.2, 0.25) is 0 Å². The highest BCUT2D eigenvalue weighted by Gasteiger charge is 2.49. The van der Waals surface area contributed by atoms with E-state index in [0.717, 1.165) is 30.7 Å². The third-order valence-electron chi connectivity index (χ3n) is 4.87. The van der Waals surface area contributed by atoms with E-state index in [1.165, 1.54) is 0 Å². The number of hydrogen-bond acceptors (Lipinski definition) is 3. The fraction of sp³-hybridized carbons (Fsp3) is 0.800. The van der Waals surface area contributed by atoms with Crippen molar-refractivity contribution in [2.75, 3.05) is 13.1 Å². The number of urea groups is 1. The monoisotopic (exact) mass is 295 g/mol. The molecule has 2 aliphatic rings. The van der Waals surface area contributed by atoms with E-state index in [0.29, 0.717) is 12.8 Å². The Labute approximate surface area is 125 Å². The lowest BCUT2D eigenvalue weighted by Crippen LogP contribution is -2.49. The third kappa shape index (κ3) is 2.76. The minimum Gasteiger partial charge on any atom is -0.338 e. The number of piperidine rings is 1. The second-order valence-electron chi connectivity index (χ2n) is 6.04. The van der Waals surface area contributed by atoms with Gasteiger partial charge in [-0.1, -0.05) is 13.8 Å². The van der Waals surface area contributed by atoms with Gasteiger partial charge in [0, 0.05) is 12.6 Å². The van der Waals surface area contributed by atoms with E-state index in [1.807, 2.05) is 20.8 Å². The first-order chi connectivity index (χ1) is 9.95. The minimum atomic E-state index is -0.828. The molecule has 1 N–H and O–H groups in total. The smallest absolute Gasteiger partial charge is 0.325 e. The van der Waals surface area contributed by atoms with Crippen LogP contribution < -0.4 is 5.32 Å². The van der Waals surface area contributed by atoms with E-state index in [4.69, 9.17) is 0 Å². The van der Waals surface area contributed by atoms with Crippen LogP contribution in [0.5, 0.6) is 0 Å². The molecule has 2 fully saturated rings. The molecule has 0 aliphatic carbocycles. The van der Waals surface area contributed by atoms with Crippen LogP contribution in [0.25, 0.3) is 0 Å². The van der Waals surface area contributed by atoms with E-state index in [1.54, 1.807) is 4.90 Å². The fourth-order valence-electron chi connectivity index (χ4n) is 3.24. The summed E-state index contributed by atoms with van der Waals surface area (Å²) in [5, 5.41) is 2.75. The summed E-state index contributed by atoms with van der Waals surface area (Å²) < 4.78 is 0. The molecule has 6 heteroatoms. The summed E-state index contributed by atoms with van der Waals surface area (Å²) in [5.74, 6) is -0.399. The van der Waals surface area contributed by atoms with Gasteiger partial charge in [0.1, 0.15) is 12.1 Å². The Morgan fingerprint density at radius 2 is 1.95 bits per heavy atom. The first-order valence-corrected chi connectivity index (χ1v) is 7.88. The summed E-state index contributed by atoms with van der Waals surface area (Å²) in [6.07, 6.45) is 4.18. The second kappa shape index (κ2) is 6.03. The number of amides is 4. The van der Waals surface area contributed by atoms with Crippen LogP contribution in [0.15, 0.2) is 0 Å². The van der Waals surface area contributed by atoms with Gasteiger partial charge in [-0.3, -0.25) is 14.5 Å². The zero-order valence-electron chi connectivity index (χ0n) is 13.1. The van der Waals surface area contributed by atoms with Crippen molar-refractivity contribution in [3.8, 4) is 0 Å². The molecule has 2 saturated heterocycles. The van der Waals surface area contributed by atoms with Gasteiger partial charge in [-0.05, 0) is 39.0 Å². The van der Waals surface area contributed by atoms with Crippen molar-refractivity contribution in [1.82, 2.24) is 15.1 Å². The van der Waals surface area contributed by atoms with E-state index >= 15 is 0 Å². The van der Waals surface area contributed by atoms with Crippen molar-refractivity contribution in [2.24, 2.45) is 0 Å². The molecule has 1 atom stereocenters. The van der Waals surface area contributed by atoms with Crippen LogP contribution in [-0.4, -0.2) is 52.3 Å². The fourth-order valence-corrected chi connectivity index (χ4v) is 3.24.